The van der Waals surface area contributed by atoms with Crippen molar-refractivity contribution in [3.8, 4) is 5.75 Å². The summed E-state index contributed by atoms with van der Waals surface area (Å²) in [5.41, 5.74) is 2.59. The van der Waals surface area contributed by atoms with Crippen molar-refractivity contribution in [3.05, 3.63) is 28.8 Å². The first kappa shape index (κ1) is 14.0. The van der Waals surface area contributed by atoms with Crippen LogP contribution in [0.1, 0.15) is 42.3 Å². The van der Waals surface area contributed by atoms with Gasteiger partial charge in [-0.2, -0.15) is 0 Å². The van der Waals surface area contributed by atoms with Gasteiger partial charge < -0.3 is 4.74 Å². The number of aryl methyl sites for hydroxylation is 2. The molecule has 1 unspecified atom stereocenters. The Morgan fingerprint density at radius 2 is 1.82 bits per heavy atom. The van der Waals surface area contributed by atoms with E-state index in [0.717, 1.165) is 11.1 Å². The van der Waals surface area contributed by atoms with Crippen LogP contribution in [0.5, 0.6) is 5.75 Å². The minimum Gasteiger partial charge on any atom is -0.490 e. The molecule has 0 radical (unpaired) electrons. The quantitative estimate of drug-likeness (QED) is 0.602. The molecule has 1 atom stereocenters. The highest BCUT2D eigenvalue weighted by Crippen LogP contribution is 2.28. The average molecular weight is 255 g/mol. The van der Waals surface area contributed by atoms with Gasteiger partial charge in [0, 0.05) is 0 Å². The smallest absolute Gasteiger partial charge is 0.184 e. The van der Waals surface area contributed by atoms with E-state index < -0.39 is 5.38 Å². The van der Waals surface area contributed by atoms with Crippen molar-refractivity contribution in [2.45, 2.75) is 46.1 Å². The number of hydrogen-bond donors (Lipinski definition) is 0. The molecule has 0 aromatic heterocycles. The first-order chi connectivity index (χ1) is 7.82. The fourth-order valence-electron chi connectivity index (χ4n) is 1.74. The molecule has 1 aromatic rings. The van der Waals surface area contributed by atoms with Gasteiger partial charge in [-0.05, 0) is 51.8 Å². The van der Waals surface area contributed by atoms with Gasteiger partial charge in [0.15, 0.2) is 5.78 Å². The van der Waals surface area contributed by atoms with E-state index in [1.807, 2.05) is 39.8 Å². The van der Waals surface area contributed by atoms with E-state index in [0.29, 0.717) is 11.3 Å². The topological polar surface area (TPSA) is 26.3 Å². The highest BCUT2D eigenvalue weighted by molar-refractivity contribution is 6.34. The second-order valence-corrected chi connectivity index (χ2v) is 5.26. The third kappa shape index (κ3) is 3.47. The van der Waals surface area contributed by atoms with Crippen molar-refractivity contribution in [2.24, 2.45) is 0 Å². The summed E-state index contributed by atoms with van der Waals surface area (Å²) >= 11 is 5.87. The maximum absolute atomic E-state index is 12.0. The lowest BCUT2D eigenvalue weighted by atomic mass is 10.0. The number of rotatable bonds is 4. The first-order valence-corrected chi connectivity index (χ1v) is 6.22. The van der Waals surface area contributed by atoms with Gasteiger partial charge in [-0.15, -0.1) is 11.6 Å². The fourth-order valence-corrected chi connectivity index (χ4v) is 1.86. The molecule has 94 valence electrons. The zero-order valence-electron chi connectivity index (χ0n) is 11.0. The first-order valence-electron chi connectivity index (χ1n) is 5.79. The highest BCUT2D eigenvalue weighted by atomic mass is 35.5. The van der Waals surface area contributed by atoms with Gasteiger partial charge in [0.05, 0.1) is 17.0 Å². The van der Waals surface area contributed by atoms with Gasteiger partial charge in [-0.25, -0.2) is 0 Å². The molecule has 0 aliphatic heterocycles. The number of carbonyl (C=O) groups is 1. The summed E-state index contributed by atoms with van der Waals surface area (Å²) in [4.78, 5) is 12.0. The van der Waals surface area contributed by atoms with Crippen LogP contribution in [-0.4, -0.2) is 17.3 Å². The van der Waals surface area contributed by atoms with Crippen LogP contribution < -0.4 is 4.74 Å². The van der Waals surface area contributed by atoms with E-state index in [9.17, 15) is 4.79 Å². The van der Waals surface area contributed by atoms with Crippen molar-refractivity contribution in [1.29, 1.82) is 0 Å². The molecular formula is C14H19ClO2. The molecule has 0 aliphatic rings. The Hall–Kier alpha value is -1.02. The van der Waals surface area contributed by atoms with Gasteiger partial charge in [0.2, 0.25) is 0 Å². The third-order valence-electron chi connectivity index (χ3n) is 2.40. The van der Waals surface area contributed by atoms with Crippen molar-refractivity contribution in [3.63, 3.8) is 0 Å². The van der Waals surface area contributed by atoms with Crippen LogP contribution in [0.15, 0.2) is 12.1 Å². The van der Waals surface area contributed by atoms with Crippen LogP contribution in [-0.2, 0) is 0 Å². The van der Waals surface area contributed by atoms with Gasteiger partial charge in [-0.3, -0.25) is 4.79 Å². The van der Waals surface area contributed by atoms with E-state index >= 15 is 0 Å². The normalized spacial score (nSPS) is 12.6. The Balaban J connectivity index is 3.29. The molecule has 0 fully saturated rings. The maximum Gasteiger partial charge on any atom is 0.184 e. The number of carbonyl (C=O) groups excluding carboxylic acids is 1. The molecule has 0 saturated carbocycles. The maximum atomic E-state index is 12.0. The lowest BCUT2D eigenvalue weighted by Crippen LogP contribution is -2.16. The molecule has 17 heavy (non-hydrogen) atoms. The lowest BCUT2D eigenvalue weighted by Gasteiger charge is -2.17. The van der Waals surface area contributed by atoms with Gasteiger partial charge in [0.25, 0.3) is 0 Å². The van der Waals surface area contributed by atoms with Crippen molar-refractivity contribution in [2.75, 3.05) is 0 Å². The summed E-state index contributed by atoms with van der Waals surface area (Å²) in [6.07, 6.45) is 0.0357. The molecule has 2 nitrogen and oxygen atoms in total. The van der Waals surface area contributed by atoms with Crippen LogP contribution in [0.2, 0.25) is 0 Å². The number of halogens is 1. The SMILES string of the molecule is Cc1cc(C)c(OC(C)C)c(C(=O)C(C)Cl)c1. The summed E-state index contributed by atoms with van der Waals surface area (Å²) in [5, 5.41) is -0.536. The molecular weight excluding hydrogens is 236 g/mol. The van der Waals surface area contributed by atoms with E-state index in [1.165, 1.54) is 0 Å². The number of Topliss-reactive ketones (excluding diaryl/α,β-unsaturated/α-hetero) is 1. The van der Waals surface area contributed by atoms with Gasteiger partial charge in [0.1, 0.15) is 5.75 Å². The van der Waals surface area contributed by atoms with Crippen molar-refractivity contribution < 1.29 is 9.53 Å². The third-order valence-corrected chi connectivity index (χ3v) is 2.60. The minimum absolute atomic E-state index is 0.0357. The molecule has 0 amide bonds. The Morgan fingerprint density at radius 3 is 2.29 bits per heavy atom. The predicted molar refractivity (Wildman–Crippen MR) is 71.3 cm³/mol. The second-order valence-electron chi connectivity index (χ2n) is 4.61. The molecule has 0 N–H and O–H groups in total. The summed E-state index contributed by atoms with van der Waals surface area (Å²) in [6.45, 7) is 9.47. The number of ketones is 1. The van der Waals surface area contributed by atoms with Gasteiger partial charge >= 0.3 is 0 Å². The van der Waals surface area contributed by atoms with E-state index in [1.54, 1.807) is 6.92 Å². The van der Waals surface area contributed by atoms with E-state index in [2.05, 4.69) is 0 Å². The summed E-state index contributed by atoms with van der Waals surface area (Å²) in [5.74, 6) is 0.567. The fraction of sp³-hybridized carbons (Fsp3) is 0.500. The summed E-state index contributed by atoms with van der Waals surface area (Å²) in [6, 6.07) is 3.85. The van der Waals surface area contributed by atoms with Gasteiger partial charge in [-0.1, -0.05) is 6.07 Å². The average Bonchev–Trinajstić information content (AvgIpc) is 2.20. The van der Waals surface area contributed by atoms with E-state index in [4.69, 9.17) is 16.3 Å². The van der Waals surface area contributed by atoms with Crippen molar-refractivity contribution in [1.82, 2.24) is 0 Å². The number of ether oxygens (including phenoxy) is 1. The second kappa shape index (κ2) is 5.54. The predicted octanol–water partition coefficient (Wildman–Crippen LogP) is 3.90. The van der Waals surface area contributed by atoms with Crippen LogP contribution in [0.4, 0.5) is 0 Å². The molecule has 0 heterocycles. The molecule has 1 aromatic carbocycles. The molecule has 3 heteroatoms. The zero-order valence-corrected chi connectivity index (χ0v) is 11.8. The number of hydrogen-bond acceptors (Lipinski definition) is 2. The summed E-state index contributed by atoms with van der Waals surface area (Å²) < 4.78 is 5.72. The van der Waals surface area contributed by atoms with Crippen LogP contribution in [0, 0.1) is 13.8 Å². The Labute approximate surface area is 108 Å². The monoisotopic (exact) mass is 254 g/mol. The highest BCUT2D eigenvalue weighted by Gasteiger charge is 2.20. The lowest BCUT2D eigenvalue weighted by molar-refractivity contribution is 0.0985. The standard InChI is InChI=1S/C14H19ClO2/c1-8(2)17-14-10(4)6-9(3)7-12(14)13(16)11(5)15/h6-8,11H,1-5H3. The molecule has 0 aliphatic carbocycles. The minimum atomic E-state index is -0.536. The largest absolute Gasteiger partial charge is 0.490 e. The Kier molecular flexibility index (Phi) is 4.58. The van der Waals surface area contributed by atoms with Crippen LogP contribution in [0.25, 0.3) is 0 Å². The van der Waals surface area contributed by atoms with E-state index in [-0.39, 0.29) is 11.9 Å². The summed E-state index contributed by atoms with van der Waals surface area (Å²) in [7, 11) is 0. The van der Waals surface area contributed by atoms with Crippen molar-refractivity contribution >= 4 is 17.4 Å². The molecule has 0 spiro atoms. The van der Waals surface area contributed by atoms with Crippen LogP contribution in [0.3, 0.4) is 0 Å². The number of benzene rings is 1. The zero-order chi connectivity index (χ0) is 13.2. The number of alkyl halides is 1. The molecule has 0 saturated heterocycles. The Morgan fingerprint density at radius 1 is 1.24 bits per heavy atom. The molecule has 1 rings (SSSR count). The molecule has 0 bridgehead atoms. The Bertz CT molecular complexity index is 422. The van der Waals surface area contributed by atoms with Crippen LogP contribution >= 0.6 is 11.6 Å².